The molecule has 0 spiro atoms. The van der Waals surface area contributed by atoms with Crippen LogP contribution in [0.5, 0.6) is 0 Å². The second-order valence-corrected chi connectivity index (χ2v) is 8.36. The van der Waals surface area contributed by atoms with Gasteiger partial charge >= 0.3 is 5.97 Å². The maximum atomic E-state index is 12.9. The van der Waals surface area contributed by atoms with Crippen molar-refractivity contribution in [2.45, 2.75) is 25.4 Å². The molecule has 0 aliphatic carbocycles. The van der Waals surface area contributed by atoms with E-state index in [1.54, 1.807) is 12.1 Å². The average Bonchev–Trinajstić information content (AvgIpc) is 3.00. The summed E-state index contributed by atoms with van der Waals surface area (Å²) >= 11 is 7.00. The Morgan fingerprint density at radius 2 is 1.82 bits per heavy atom. The van der Waals surface area contributed by atoms with Crippen LogP contribution >= 0.6 is 24.0 Å². The Labute approximate surface area is 173 Å². The fourth-order valence-corrected chi connectivity index (χ4v) is 4.80. The third-order valence-corrected chi connectivity index (χ3v) is 6.51. The van der Waals surface area contributed by atoms with Crippen molar-refractivity contribution >= 4 is 40.0 Å². The molecule has 0 N–H and O–H groups in total. The number of esters is 1. The van der Waals surface area contributed by atoms with E-state index in [2.05, 4.69) is 0 Å². The summed E-state index contributed by atoms with van der Waals surface area (Å²) in [6.45, 7) is 2.52. The maximum absolute atomic E-state index is 12.9. The zero-order chi connectivity index (χ0) is 20.3. The first kappa shape index (κ1) is 20.3. The number of hydrogen-bond acceptors (Lipinski definition) is 6. The molecular weight excluding hydrogens is 396 g/mol. The van der Waals surface area contributed by atoms with Gasteiger partial charge in [0.1, 0.15) is 4.32 Å². The number of methoxy groups -OCH3 is 1. The zero-order valence-corrected chi connectivity index (χ0v) is 17.2. The van der Waals surface area contributed by atoms with Crippen molar-refractivity contribution in [2.75, 3.05) is 12.9 Å². The molecule has 1 unspecified atom stereocenters. The van der Waals surface area contributed by atoms with Gasteiger partial charge in [-0.05, 0) is 18.1 Å². The van der Waals surface area contributed by atoms with Crippen molar-refractivity contribution in [2.24, 2.45) is 0 Å². The molecule has 0 bridgehead atoms. The first-order valence-corrected chi connectivity index (χ1v) is 10.1. The number of carbonyl (C=O) groups is 1. The SMILES string of the molecule is COC(=O)C1(Cc2ccc([N+](=O)[O-])cc2)CSC(=S)N1Cc1ccc(C)cc1. The Balaban J connectivity index is 1.93. The van der Waals surface area contributed by atoms with Crippen molar-refractivity contribution in [3.8, 4) is 0 Å². The van der Waals surface area contributed by atoms with E-state index in [0.717, 1.165) is 16.7 Å². The first-order valence-electron chi connectivity index (χ1n) is 8.67. The Bertz CT molecular complexity index is 899. The van der Waals surface area contributed by atoms with Crippen molar-refractivity contribution in [1.82, 2.24) is 4.90 Å². The van der Waals surface area contributed by atoms with Gasteiger partial charge in [0.15, 0.2) is 5.54 Å². The van der Waals surface area contributed by atoms with E-state index >= 15 is 0 Å². The Morgan fingerprint density at radius 3 is 2.39 bits per heavy atom. The van der Waals surface area contributed by atoms with Crippen LogP contribution in [0.4, 0.5) is 5.69 Å². The zero-order valence-electron chi connectivity index (χ0n) is 15.6. The lowest BCUT2D eigenvalue weighted by molar-refractivity contribution is -0.384. The normalized spacial score (nSPS) is 18.9. The van der Waals surface area contributed by atoms with Crippen molar-refractivity contribution in [1.29, 1.82) is 0 Å². The van der Waals surface area contributed by atoms with Crippen LogP contribution in [0.3, 0.4) is 0 Å². The van der Waals surface area contributed by atoms with Crippen LogP contribution in [0.2, 0.25) is 0 Å². The van der Waals surface area contributed by atoms with Gasteiger partial charge < -0.3 is 9.64 Å². The van der Waals surface area contributed by atoms with Crippen LogP contribution in [-0.4, -0.2) is 38.5 Å². The number of aryl methyl sites for hydroxylation is 1. The highest BCUT2D eigenvalue weighted by Gasteiger charge is 2.51. The molecule has 1 saturated heterocycles. The van der Waals surface area contributed by atoms with Gasteiger partial charge in [0.25, 0.3) is 5.69 Å². The summed E-state index contributed by atoms with van der Waals surface area (Å²) in [5.74, 6) is 0.117. The van der Waals surface area contributed by atoms with Gasteiger partial charge in [0, 0.05) is 30.9 Å². The Morgan fingerprint density at radius 1 is 1.21 bits per heavy atom. The van der Waals surface area contributed by atoms with E-state index in [-0.39, 0.29) is 11.7 Å². The number of nitrogens with zero attached hydrogens (tertiary/aromatic N) is 2. The van der Waals surface area contributed by atoms with Gasteiger partial charge in [-0.15, -0.1) is 0 Å². The summed E-state index contributed by atoms with van der Waals surface area (Å²) in [5.41, 5.74) is 2.09. The van der Waals surface area contributed by atoms with Crippen LogP contribution in [0.1, 0.15) is 16.7 Å². The molecule has 0 saturated carbocycles. The third-order valence-electron chi connectivity index (χ3n) is 4.84. The number of ether oxygens (including phenoxy) is 1. The van der Waals surface area contributed by atoms with Crippen molar-refractivity contribution in [3.05, 3.63) is 75.3 Å². The van der Waals surface area contributed by atoms with Crippen molar-refractivity contribution in [3.63, 3.8) is 0 Å². The third kappa shape index (κ3) is 4.02. The molecule has 1 aliphatic heterocycles. The predicted octanol–water partition coefficient (Wildman–Crippen LogP) is 3.89. The van der Waals surface area contributed by atoms with Gasteiger partial charge in [-0.25, -0.2) is 4.79 Å². The van der Waals surface area contributed by atoms with Gasteiger partial charge in [-0.3, -0.25) is 10.1 Å². The number of hydrogen-bond donors (Lipinski definition) is 0. The molecule has 0 amide bonds. The van der Waals surface area contributed by atoms with Crippen LogP contribution in [-0.2, 0) is 22.5 Å². The molecule has 1 heterocycles. The maximum Gasteiger partial charge on any atom is 0.332 e. The quantitative estimate of drug-likeness (QED) is 0.306. The molecule has 2 aromatic carbocycles. The van der Waals surface area contributed by atoms with E-state index < -0.39 is 10.5 Å². The minimum Gasteiger partial charge on any atom is -0.467 e. The number of thiocarbonyl (C=S) groups is 1. The highest BCUT2D eigenvalue weighted by molar-refractivity contribution is 8.23. The molecule has 3 rings (SSSR count). The molecular formula is C20H20N2O4S2. The van der Waals surface area contributed by atoms with Gasteiger partial charge in [-0.2, -0.15) is 0 Å². The predicted molar refractivity (Wildman–Crippen MR) is 113 cm³/mol. The lowest BCUT2D eigenvalue weighted by Crippen LogP contribution is -2.55. The summed E-state index contributed by atoms with van der Waals surface area (Å²) in [6, 6.07) is 14.4. The number of carbonyl (C=O) groups excluding carboxylic acids is 1. The smallest absolute Gasteiger partial charge is 0.332 e. The second kappa shape index (κ2) is 8.28. The molecule has 2 aromatic rings. The number of thioether (sulfide) groups is 1. The van der Waals surface area contributed by atoms with Crippen LogP contribution in [0.15, 0.2) is 48.5 Å². The lowest BCUT2D eigenvalue weighted by atomic mass is 9.90. The van der Waals surface area contributed by atoms with Crippen LogP contribution in [0, 0.1) is 17.0 Å². The summed E-state index contributed by atoms with van der Waals surface area (Å²) in [5, 5.41) is 10.9. The van der Waals surface area contributed by atoms with Gasteiger partial charge in [-0.1, -0.05) is 65.9 Å². The van der Waals surface area contributed by atoms with E-state index in [9.17, 15) is 14.9 Å². The summed E-state index contributed by atoms with van der Waals surface area (Å²) in [7, 11) is 1.37. The number of non-ortho nitro benzene ring substituents is 1. The monoisotopic (exact) mass is 416 g/mol. The fraction of sp³-hybridized carbons (Fsp3) is 0.300. The minimum atomic E-state index is -0.947. The molecule has 8 heteroatoms. The van der Waals surface area contributed by atoms with Crippen molar-refractivity contribution < 1.29 is 14.5 Å². The molecule has 1 fully saturated rings. The summed E-state index contributed by atoms with van der Waals surface area (Å²) < 4.78 is 5.79. The highest BCUT2D eigenvalue weighted by Crippen LogP contribution is 2.38. The molecule has 0 radical (unpaired) electrons. The summed E-state index contributed by atoms with van der Waals surface area (Å²) in [6.07, 6.45) is 0.358. The van der Waals surface area contributed by atoms with E-state index in [4.69, 9.17) is 17.0 Å². The number of nitro groups is 1. The number of benzene rings is 2. The van der Waals surface area contributed by atoms with Crippen LogP contribution < -0.4 is 0 Å². The largest absolute Gasteiger partial charge is 0.467 e. The number of rotatable bonds is 6. The fourth-order valence-electron chi connectivity index (χ4n) is 3.25. The number of nitro benzene ring substituents is 1. The Kier molecular flexibility index (Phi) is 6.00. The topological polar surface area (TPSA) is 72.7 Å². The lowest BCUT2D eigenvalue weighted by Gasteiger charge is -2.36. The van der Waals surface area contributed by atoms with Crippen LogP contribution in [0.25, 0.3) is 0 Å². The molecule has 1 atom stereocenters. The Hall–Kier alpha value is -2.45. The second-order valence-electron chi connectivity index (χ2n) is 6.75. The minimum absolute atomic E-state index is 0.0173. The molecule has 0 aromatic heterocycles. The molecule has 6 nitrogen and oxygen atoms in total. The molecule has 146 valence electrons. The van der Waals surface area contributed by atoms with Gasteiger partial charge in [0.2, 0.25) is 0 Å². The molecule has 1 aliphatic rings. The van der Waals surface area contributed by atoms with Gasteiger partial charge in [0.05, 0.1) is 12.0 Å². The van der Waals surface area contributed by atoms with E-state index in [1.807, 2.05) is 36.1 Å². The summed E-state index contributed by atoms with van der Waals surface area (Å²) in [4.78, 5) is 25.3. The first-order chi connectivity index (χ1) is 13.4. The standard InChI is InChI=1S/C20H20N2O4S2/c1-14-3-5-16(6-4-14)12-21-19(27)28-13-20(21,18(23)26-2)11-15-7-9-17(10-8-15)22(24)25/h3-10H,11-13H2,1-2H3. The van der Waals surface area contributed by atoms with E-state index in [0.29, 0.717) is 23.0 Å². The molecule has 28 heavy (non-hydrogen) atoms. The van der Waals surface area contributed by atoms with E-state index in [1.165, 1.54) is 31.0 Å². The highest BCUT2D eigenvalue weighted by atomic mass is 32.2. The average molecular weight is 417 g/mol.